The molecule has 0 spiro atoms. The Bertz CT molecular complexity index is 446. The SMILES string of the molecule is C=CCC(N)C(=O)Nc1cccc(Cl)c1N(C)C. The summed E-state index contributed by atoms with van der Waals surface area (Å²) in [4.78, 5) is 13.7. The van der Waals surface area contributed by atoms with Crippen LogP contribution >= 0.6 is 11.6 Å². The summed E-state index contributed by atoms with van der Waals surface area (Å²) < 4.78 is 0. The van der Waals surface area contributed by atoms with E-state index in [4.69, 9.17) is 17.3 Å². The minimum absolute atomic E-state index is 0.250. The van der Waals surface area contributed by atoms with E-state index in [0.29, 0.717) is 17.1 Å². The van der Waals surface area contributed by atoms with Crippen molar-refractivity contribution in [1.82, 2.24) is 0 Å². The molecule has 0 saturated heterocycles. The van der Waals surface area contributed by atoms with Gasteiger partial charge in [-0.2, -0.15) is 0 Å². The van der Waals surface area contributed by atoms with Gasteiger partial charge in [0.1, 0.15) is 0 Å². The second kappa shape index (κ2) is 6.42. The van der Waals surface area contributed by atoms with Gasteiger partial charge in [-0.1, -0.05) is 23.7 Å². The summed E-state index contributed by atoms with van der Waals surface area (Å²) in [5.41, 5.74) is 7.12. The average molecular weight is 268 g/mol. The van der Waals surface area contributed by atoms with E-state index in [9.17, 15) is 4.79 Å². The number of nitrogens with one attached hydrogen (secondary N) is 1. The second-order valence-corrected chi connectivity index (χ2v) is 4.56. The first-order valence-corrected chi connectivity index (χ1v) is 5.98. The van der Waals surface area contributed by atoms with Crippen molar-refractivity contribution in [1.29, 1.82) is 0 Å². The molecule has 0 aliphatic carbocycles. The predicted molar refractivity (Wildman–Crippen MR) is 77.2 cm³/mol. The van der Waals surface area contributed by atoms with E-state index in [2.05, 4.69) is 11.9 Å². The van der Waals surface area contributed by atoms with Gasteiger partial charge >= 0.3 is 0 Å². The maximum atomic E-state index is 11.8. The Morgan fingerprint density at radius 1 is 1.61 bits per heavy atom. The van der Waals surface area contributed by atoms with Crippen LogP contribution in [0.3, 0.4) is 0 Å². The van der Waals surface area contributed by atoms with E-state index in [1.54, 1.807) is 24.3 Å². The minimum atomic E-state index is -0.600. The molecule has 0 aromatic heterocycles. The molecule has 5 heteroatoms. The van der Waals surface area contributed by atoms with Crippen LogP contribution < -0.4 is 16.0 Å². The number of hydrogen-bond acceptors (Lipinski definition) is 3. The Kier molecular flexibility index (Phi) is 5.19. The van der Waals surface area contributed by atoms with Gasteiger partial charge in [0, 0.05) is 14.1 Å². The van der Waals surface area contributed by atoms with Crippen molar-refractivity contribution in [2.45, 2.75) is 12.5 Å². The molecule has 98 valence electrons. The van der Waals surface area contributed by atoms with E-state index in [-0.39, 0.29) is 5.91 Å². The van der Waals surface area contributed by atoms with Crippen LogP contribution in [-0.2, 0) is 4.79 Å². The highest BCUT2D eigenvalue weighted by molar-refractivity contribution is 6.34. The zero-order chi connectivity index (χ0) is 13.7. The molecule has 18 heavy (non-hydrogen) atoms. The van der Waals surface area contributed by atoms with Gasteiger partial charge in [0.25, 0.3) is 0 Å². The topological polar surface area (TPSA) is 58.4 Å². The lowest BCUT2D eigenvalue weighted by Crippen LogP contribution is -2.35. The first-order chi connectivity index (χ1) is 8.47. The van der Waals surface area contributed by atoms with E-state index in [1.807, 2.05) is 19.0 Å². The van der Waals surface area contributed by atoms with Crippen LogP contribution in [0.4, 0.5) is 11.4 Å². The average Bonchev–Trinajstić information content (AvgIpc) is 2.28. The minimum Gasteiger partial charge on any atom is -0.375 e. The number of halogens is 1. The van der Waals surface area contributed by atoms with Crippen LogP contribution in [0.1, 0.15) is 6.42 Å². The number of nitrogens with two attached hydrogens (primary N) is 1. The molecule has 0 fully saturated rings. The Balaban J connectivity index is 2.94. The molecule has 0 aliphatic rings. The van der Waals surface area contributed by atoms with E-state index in [1.165, 1.54) is 0 Å². The van der Waals surface area contributed by atoms with E-state index < -0.39 is 6.04 Å². The lowest BCUT2D eigenvalue weighted by molar-refractivity contribution is -0.117. The van der Waals surface area contributed by atoms with Crippen molar-refractivity contribution in [3.05, 3.63) is 35.9 Å². The summed E-state index contributed by atoms with van der Waals surface area (Å²) in [6.45, 7) is 3.56. The summed E-state index contributed by atoms with van der Waals surface area (Å²) in [6, 6.07) is 4.75. The van der Waals surface area contributed by atoms with Crippen molar-refractivity contribution < 1.29 is 4.79 Å². The van der Waals surface area contributed by atoms with Crippen molar-refractivity contribution in [2.75, 3.05) is 24.3 Å². The zero-order valence-electron chi connectivity index (χ0n) is 10.6. The molecule has 0 bridgehead atoms. The number of hydrogen-bond donors (Lipinski definition) is 2. The third-order valence-electron chi connectivity index (χ3n) is 2.45. The maximum absolute atomic E-state index is 11.8. The normalized spacial score (nSPS) is 11.8. The highest BCUT2D eigenvalue weighted by atomic mass is 35.5. The zero-order valence-corrected chi connectivity index (χ0v) is 11.4. The second-order valence-electron chi connectivity index (χ2n) is 4.15. The lowest BCUT2D eigenvalue weighted by atomic mass is 10.2. The van der Waals surface area contributed by atoms with Crippen LogP contribution in [0.2, 0.25) is 5.02 Å². The van der Waals surface area contributed by atoms with Gasteiger partial charge in [0.2, 0.25) is 5.91 Å². The highest BCUT2D eigenvalue weighted by Gasteiger charge is 2.15. The molecule has 3 N–H and O–H groups in total. The lowest BCUT2D eigenvalue weighted by Gasteiger charge is -2.20. The maximum Gasteiger partial charge on any atom is 0.241 e. The molecule has 0 saturated carbocycles. The summed E-state index contributed by atoms with van der Waals surface area (Å²) in [5, 5.41) is 3.36. The number of nitrogens with zero attached hydrogens (tertiary/aromatic N) is 1. The molecule has 1 atom stereocenters. The van der Waals surface area contributed by atoms with Crippen molar-refractivity contribution >= 4 is 28.9 Å². The van der Waals surface area contributed by atoms with Gasteiger partial charge in [0.15, 0.2) is 0 Å². The Hall–Kier alpha value is -1.52. The smallest absolute Gasteiger partial charge is 0.241 e. The molecule has 1 aromatic rings. The van der Waals surface area contributed by atoms with Crippen LogP contribution in [0.25, 0.3) is 0 Å². The van der Waals surface area contributed by atoms with Gasteiger partial charge in [-0.15, -0.1) is 6.58 Å². The molecular formula is C13H18ClN3O. The Morgan fingerprint density at radius 3 is 2.83 bits per heavy atom. The number of amides is 1. The molecule has 4 nitrogen and oxygen atoms in total. The third-order valence-corrected chi connectivity index (χ3v) is 2.75. The number of carbonyl (C=O) groups excluding carboxylic acids is 1. The first-order valence-electron chi connectivity index (χ1n) is 5.60. The van der Waals surface area contributed by atoms with Crippen LogP contribution in [0.5, 0.6) is 0 Å². The van der Waals surface area contributed by atoms with Gasteiger partial charge in [-0.05, 0) is 18.6 Å². The molecule has 1 aromatic carbocycles. The first kappa shape index (κ1) is 14.5. The van der Waals surface area contributed by atoms with E-state index >= 15 is 0 Å². The van der Waals surface area contributed by atoms with E-state index in [0.717, 1.165) is 5.69 Å². The summed E-state index contributed by atoms with van der Waals surface area (Å²) in [5.74, 6) is -0.250. The van der Waals surface area contributed by atoms with Crippen LogP contribution in [-0.4, -0.2) is 26.0 Å². The number of anilines is 2. The number of benzene rings is 1. The third kappa shape index (κ3) is 3.48. The standard InChI is InChI=1S/C13H18ClN3O/c1-4-6-10(15)13(18)16-11-8-5-7-9(14)12(11)17(2)3/h4-5,7-8,10H,1,6,15H2,2-3H3,(H,16,18). The Morgan fingerprint density at radius 2 is 2.28 bits per heavy atom. The fourth-order valence-corrected chi connectivity index (χ4v) is 1.93. The van der Waals surface area contributed by atoms with Crippen molar-refractivity contribution in [2.24, 2.45) is 5.73 Å². The summed E-state index contributed by atoms with van der Waals surface area (Å²) >= 11 is 6.11. The molecule has 0 aliphatic heterocycles. The fourth-order valence-electron chi connectivity index (χ4n) is 1.58. The van der Waals surface area contributed by atoms with Gasteiger partial charge in [0.05, 0.1) is 22.4 Å². The summed E-state index contributed by atoms with van der Waals surface area (Å²) in [6.07, 6.45) is 2.05. The van der Waals surface area contributed by atoms with Gasteiger partial charge in [-0.25, -0.2) is 0 Å². The number of carbonyl (C=O) groups is 1. The molecule has 1 amide bonds. The summed E-state index contributed by atoms with van der Waals surface area (Å²) in [7, 11) is 3.72. The van der Waals surface area contributed by atoms with Gasteiger partial charge < -0.3 is 16.0 Å². The molecule has 0 heterocycles. The molecule has 1 rings (SSSR count). The number of rotatable bonds is 5. The highest BCUT2D eigenvalue weighted by Crippen LogP contribution is 2.32. The van der Waals surface area contributed by atoms with Crippen molar-refractivity contribution in [3.8, 4) is 0 Å². The largest absolute Gasteiger partial charge is 0.375 e. The molecule has 1 unspecified atom stereocenters. The quantitative estimate of drug-likeness (QED) is 0.805. The predicted octanol–water partition coefficient (Wildman–Crippen LogP) is 2.25. The van der Waals surface area contributed by atoms with Crippen LogP contribution in [0, 0.1) is 0 Å². The monoisotopic (exact) mass is 267 g/mol. The Labute approximate surface area is 112 Å². The van der Waals surface area contributed by atoms with Gasteiger partial charge in [-0.3, -0.25) is 4.79 Å². The van der Waals surface area contributed by atoms with Crippen LogP contribution in [0.15, 0.2) is 30.9 Å². The fraction of sp³-hybridized carbons (Fsp3) is 0.308. The number of para-hydroxylation sites is 1. The van der Waals surface area contributed by atoms with Crippen molar-refractivity contribution in [3.63, 3.8) is 0 Å². The molecular weight excluding hydrogens is 250 g/mol. The molecule has 0 radical (unpaired) electrons.